The van der Waals surface area contributed by atoms with E-state index in [2.05, 4.69) is 10.0 Å². The highest BCUT2D eigenvalue weighted by molar-refractivity contribution is 7.89. The maximum atomic E-state index is 12.7. The predicted octanol–water partition coefficient (Wildman–Crippen LogP) is 4.04. The summed E-state index contributed by atoms with van der Waals surface area (Å²) in [6.07, 6.45) is -0.183. The van der Waals surface area contributed by atoms with Crippen molar-refractivity contribution in [1.82, 2.24) is 10.0 Å². The van der Waals surface area contributed by atoms with Crippen molar-refractivity contribution in [2.24, 2.45) is 0 Å². The number of hydrogen-bond acceptors (Lipinski definition) is 6. The Labute approximate surface area is 217 Å². The fraction of sp³-hybridized carbons (Fsp3) is 0.125. The van der Waals surface area contributed by atoms with Crippen LogP contribution in [0.15, 0.2) is 71.6 Å². The fourth-order valence-electron chi connectivity index (χ4n) is 3.02. The summed E-state index contributed by atoms with van der Waals surface area (Å²) < 4.78 is 33.4. The number of benzene rings is 3. The van der Waals surface area contributed by atoms with Crippen molar-refractivity contribution < 1.29 is 32.6 Å². The van der Waals surface area contributed by atoms with E-state index in [0.29, 0.717) is 33.4 Å². The summed E-state index contributed by atoms with van der Waals surface area (Å²) in [4.78, 5) is 33.9. The molecule has 188 valence electrons. The molecule has 12 heteroatoms. The van der Waals surface area contributed by atoms with Crippen molar-refractivity contribution in [2.45, 2.75) is 23.9 Å². The highest BCUT2D eigenvalue weighted by Gasteiger charge is 2.17. The number of halogens is 2. The minimum atomic E-state index is -3.84. The molecule has 0 saturated carbocycles. The van der Waals surface area contributed by atoms with Gasteiger partial charge < -0.3 is 20.0 Å². The van der Waals surface area contributed by atoms with Crippen LogP contribution in [0.2, 0.25) is 10.0 Å². The Hall–Kier alpha value is -3.44. The van der Waals surface area contributed by atoms with Gasteiger partial charge in [0.1, 0.15) is 17.8 Å². The molecule has 3 N–H and O–H groups in total. The number of carbonyl (C=O) groups is 3. The third-order valence-corrected chi connectivity index (χ3v) is 6.62. The monoisotopic (exact) mass is 550 g/mol. The van der Waals surface area contributed by atoms with Crippen LogP contribution in [-0.4, -0.2) is 37.7 Å². The largest absolute Gasteiger partial charge is 0.481 e. The number of aldehydes is 1. The summed E-state index contributed by atoms with van der Waals surface area (Å²) in [6.45, 7) is -0.0422. The van der Waals surface area contributed by atoms with Gasteiger partial charge in [-0.25, -0.2) is 13.1 Å². The smallest absolute Gasteiger partial charge is 0.305 e. The number of rotatable bonds is 11. The molecule has 0 bridgehead atoms. The molecule has 1 atom stereocenters. The maximum Gasteiger partial charge on any atom is 0.305 e. The summed E-state index contributed by atoms with van der Waals surface area (Å²) in [5, 5.41) is 11.9. The van der Waals surface area contributed by atoms with Crippen LogP contribution in [0.5, 0.6) is 11.5 Å². The molecule has 0 aliphatic heterocycles. The van der Waals surface area contributed by atoms with Gasteiger partial charge in [0, 0.05) is 22.2 Å². The Balaban J connectivity index is 1.59. The fourth-order valence-corrected chi connectivity index (χ4v) is 4.54. The minimum Gasteiger partial charge on any atom is -0.481 e. The number of sulfonamides is 1. The van der Waals surface area contributed by atoms with Crippen LogP contribution in [0.1, 0.15) is 22.3 Å². The van der Waals surface area contributed by atoms with Gasteiger partial charge in [0.25, 0.3) is 5.91 Å². The van der Waals surface area contributed by atoms with Crippen molar-refractivity contribution in [1.29, 1.82) is 0 Å². The number of aliphatic carboxylic acids is 1. The molecule has 36 heavy (non-hydrogen) atoms. The topological polar surface area (TPSA) is 139 Å². The molecular weight excluding hydrogens is 531 g/mol. The normalized spacial score (nSPS) is 11.9. The zero-order valence-electron chi connectivity index (χ0n) is 18.5. The number of hydrogen-bond donors (Lipinski definition) is 3. The first kappa shape index (κ1) is 27.2. The molecule has 0 saturated heterocycles. The van der Waals surface area contributed by atoms with Crippen molar-refractivity contribution in [3.63, 3.8) is 0 Å². The van der Waals surface area contributed by atoms with Crippen LogP contribution in [-0.2, 0) is 26.2 Å². The van der Waals surface area contributed by atoms with E-state index in [0.717, 1.165) is 0 Å². The molecule has 1 amide bonds. The molecule has 0 radical (unpaired) electrons. The first-order valence-electron chi connectivity index (χ1n) is 10.4. The molecule has 3 aromatic carbocycles. The molecule has 0 unspecified atom stereocenters. The number of ether oxygens (including phenoxy) is 1. The Morgan fingerprint density at radius 2 is 1.56 bits per heavy atom. The zero-order valence-corrected chi connectivity index (χ0v) is 20.8. The van der Waals surface area contributed by atoms with Crippen molar-refractivity contribution in [3.05, 3.63) is 87.9 Å². The summed E-state index contributed by atoms with van der Waals surface area (Å²) in [6, 6.07) is 15.3. The van der Waals surface area contributed by atoms with Crippen LogP contribution < -0.4 is 14.8 Å². The Morgan fingerprint density at radius 1 is 0.944 bits per heavy atom. The lowest BCUT2D eigenvalue weighted by atomic mass is 10.1. The van der Waals surface area contributed by atoms with Crippen LogP contribution in [0.4, 0.5) is 0 Å². The minimum absolute atomic E-state index is 0.0216. The molecule has 0 aliphatic rings. The number of carbonyl (C=O) groups excluding carboxylic acids is 2. The summed E-state index contributed by atoms with van der Waals surface area (Å²) in [5.41, 5.74) is 0.765. The van der Waals surface area contributed by atoms with Gasteiger partial charge in [0.2, 0.25) is 10.0 Å². The van der Waals surface area contributed by atoms with Gasteiger partial charge in [-0.1, -0.05) is 35.3 Å². The first-order chi connectivity index (χ1) is 17.1. The van der Waals surface area contributed by atoms with Crippen LogP contribution in [0, 0.1) is 0 Å². The Kier molecular flexibility index (Phi) is 9.05. The van der Waals surface area contributed by atoms with Gasteiger partial charge in [-0.05, 0) is 60.2 Å². The lowest BCUT2D eigenvalue weighted by Gasteiger charge is -2.11. The van der Waals surface area contributed by atoms with Gasteiger partial charge in [-0.2, -0.15) is 0 Å². The Bertz CT molecular complexity index is 1340. The highest BCUT2D eigenvalue weighted by Crippen LogP contribution is 2.28. The standard InChI is InChI=1S/C24H20Cl2N2O7S/c25-17-9-18(26)11-21(10-17)35-20-5-7-22(8-6-20)36(33,34)27-13-15-1-3-16(4-2-15)24(32)28-19(14-29)12-23(30)31/h1-11,14,19,27H,12-13H2,(H,28,32)(H,30,31)/t19-/m0/s1. The van der Waals surface area contributed by atoms with Gasteiger partial charge in [-0.15, -0.1) is 0 Å². The van der Waals surface area contributed by atoms with E-state index in [1.807, 2.05) is 0 Å². The van der Waals surface area contributed by atoms with Crippen molar-refractivity contribution >= 4 is 51.4 Å². The third kappa shape index (κ3) is 7.79. The van der Waals surface area contributed by atoms with Gasteiger partial charge in [0.15, 0.2) is 0 Å². The van der Waals surface area contributed by atoms with Crippen LogP contribution in [0.3, 0.4) is 0 Å². The Morgan fingerprint density at radius 3 is 2.11 bits per heavy atom. The lowest BCUT2D eigenvalue weighted by Crippen LogP contribution is -2.37. The molecule has 3 aromatic rings. The van der Waals surface area contributed by atoms with Crippen LogP contribution in [0.25, 0.3) is 0 Å². The molecule has 0 aromatic heterocycles. The van der Waals surface area contributed by atoms with E-state index in [9.17, 15) is 22.8 Å². The molecule has 0 aliphatic carbocycles. The van der Waals surface area contributed by atoms with E-state index in [1.165, 1.54) is 48.5 Å². The van der Waals surface area contributed by atoms with Gasteiger partial charge in [-0.3, -0.25) is 9.59 Å². The number of carboxylic acids is 1. The molecule has 9 nitrogen and oxygen atoms in total. The number of nitrogens with one attached hydrogen (secondary N) is 2. The third-order valence-electron chi connectivity index (χ3n) is 4.76. The molecule has 0 spiro atoms. The van der Waals surface area contributed by atoms with Gasteiger partial charge >= 0.3 is 5.97 Å². The second kappa shape index (κ2) is 12.0. The molecule has 0 heterocycles. The number of amides is 1. The van der Waals surface area contributed by atoms with E-state index in [1.54, 1.807) is 18.2 Å². The quantitative estimate of drug-likeness (QED) is 0.306. The van der Waals surface area contributed by atoms with Crippen molar-refractivity contribution in [2.75, 3.05) is 0 Å². The predicted molar refractivity (Wildman–Crippen MR) is 133 cm³/mol. The van der Waals surface area contributed by atoms with E-state index < -0.39 is 34.4 Å². The highest BCUT2D eigenvalue weighted by atomic mass is 35.5. The lowest BCUT2D eigenvalue weighted by molar-refractivity contribution is -0.138. The van der Waals surface area contributed by atoms with Crippen LogP contribution >= 0.6 is 23.2 Å². The van der Waals surface area contributed by atoms with Crippen molar-refractivity contribution in [3.8, 4) is 11.5 Å². The second-order valence-corrected chi connectivity index (χ2v) is 10.2. The molecule has 0 fully saturated rings. The second-order valence-electron chi connectivity index (χ2n) is 7.51. The molecular formula is C24H20Cl2N2O7S. The average Bonchev–Trinajstić information content (AvgIpc) is 2.82. The van der Waals surface area contributed by atoms with E-state index >= 15 is 0 Å². The van der Waals surface area contributed by atoms with E-state index in [4.69, 9.17) is 33.0 Å². The summed E-state index contributed by atoms with van der Waals surface area (Å²) in [7, 11) is -3.84. The van der Waals surface area contributed by atoms with E-state index in [-0.39, 0.29) is 17.0 Å². The number of carboxylic acid groups (broad SMARTS) is 1. The maximum absolute atomic E-state index is 12.7. The average molecular weight is 551 g/mol. The molecule has 3 rings (SSSR count). The van der Waals surface area contributed by atoms with Gasteiger partial charge in [0.05, 0.1) is 17.4 Å². The summed E-state index contributed by atoms with van der Waals surface area (Å²) in [5.74, 6) is -1.05. The SMILES string of the molecule is O=C[C@H](CC(=O)O)NC(=O)c1ccc(CNS(=O)(=O)c2ccc(Oc3cc(Cl)cc(Cl)c3)cc2)cc1. The summed E-state index contributed by atoms with van der Waals surface area (Å²) >= 11 is 11.9. The first-order valence-corrected chi connectivity index (χ1v) is 12.6. The zero-order chi connectivity index (χ0) is 26.3.